The lowest BCUT2D eigenvalue weighted by Gasteiger charge is -2.06. The van der Waals surface area contributed by atoms with Crippen LogP contribution in [0.2, 0.25) is 0 Å². The number of hydrogen-bond donors (Lipinski definition) is 1. The van der Waals surface area contributed by atoms with Gasteiger partial charge in [-0.1, -0.05) is 28.1 Å². The number of nitrogens with zero attached hydrogens (tertiary/aromatic N) is 3. The summed E-state index contributed by atoms with van der Waals surface area (Å²) in [5, 5.41) is 7.00. The summed E-state index contributed by atoms with van der Waals surface area (Å²) < 4.78 is 30.8. The minimum Gasteiger partial charge on any atom is -0.461 e. The van der Waals surface area contributed by atoms with E-state index in [1.165, 1.54) is 6.26 Å². The molecule has 0 fully saturated rings. The molecular weight excluding hydrogens is 384 g/mol. The Balaban J connectivity index is 1.89. The third kappa shape index (κ3) is 3.62. The van der Waals surface area contributed by atoms with Crippen LogP contribution in [0.1, 0.15) is 5.56 Å². The molecule has 0 aliphatic rings. The van der Waals surface area contributed by atoms with Gasteiger partial charge in [-0.2, -0.15) is 4.98 Å². The second-order valence-electron chi connectivity index (χ2n) is 4.82. The van der Waals surface area contributed by atoms with Crippen LogP contribution < -0.4 is 5.32 Å². The number of benzene rings is 1. The van der Waals surface area contributed by atoms with Crippen LogP contribution in [0.25, 0.3) is 11.6 Å². The predicted molar refractivity (Wildman–Crippen MR) is 89.4 cm³/mol. The maximum absolute atomic E-state index is 11.9. The van der Waals surface area contributed by atoms with E-state index in [2.05, 4.69) is 31.3 Å². The van der Waals surface area contributed by atoms with E-state index in [1.807, 2.05) is 24.3 Å². The number of furan rings is 1. The molecule has 3 aromatic rings. The van der Waals surface area contributed by atoms with Crippen LogP contribution in [0.3, 0.4) is 0 Å². The zero-order chi connectivity index (χ0) is 16.4. The average molecular weight is 397 g/mol. The van der Waals surface area contributed by atoms with E-state index in [0.29, 0.717) is 12.3 Å². The molecule has 0 unspecified atom stereocenters. The molecule has 0 amide bonds. The first-order chi connectivity index (χ1) is 10.9. The van der Waals surface area contributed by atoms with Crippen LogP contribution in [0.15, 0.2) is 51.6 Å². The maximum atomic E-state index is 11.9. The molecule has 2 aromatic heterocycles. The van der Waals surface area contributed by atoms with Crippen molar-refractivity contribution in [2.24, 2.45) is 0 Å². The SMILES string of the molecule is CS(=O)(=O)n1nc(-c2ccco2)nc1NCc1ccc(Br)cc1. The van der Waals surface area contributed by atoms with Gasteiger partial charge in [0.25, 0.3) is 10.0 Å². The molecule has 9 heteroatoms. The molecule has 1 N–H and O–H groups in total. The van der Waals surface area contributed by atoms with E-state index < -0.39 is 10.0 Å². The second-order valence-corrected chi connectivity index (χ2v) is 7.55. The highest BCUT2D eigenvalue weighted by Crippen LogP contribution is 2.20. The van der Waals surface area contributed by atoms with Crippen LogP contribution >= 0.6 is 15.9 Å². The summed E-state index contributed by atoms with van der Waals surface area (Å²) in [6, 6.07) is 11.0. The fourth-order valence-electron chi connectivity index (χ4n) is 1.93. The van der Waals surface area contributed by atoms with E-state index in [4.69, 9.17) is 4.42 Å². The van der Waals surface area contributed by atoms with Gasteiger partial charge in [-0.25, -0.2) is 8.42 Å². The Kier molecular flexibility index (Phi) is 4.22. The number of rotatable bonds is 5. The summed E-state index contributed by atoms with van der Waals surface area (Å²) in [5.74, 6) is 0.750. The highest BCUT2D eigenvalue weighted by molar-refractivity contribution is 9.10. The monoisotopic (exact) mass is 396 g/mol. The Labute approximate surface area is 141 Å². The highest BCUT2D eigenvalue weighted by Gasteiger charge is 2.19. The molecule has 3 rings (SSSR count). The minimum atomic E-state index is -3.58. The Morgan fingerprint density at radius 2 is 2.00 bits per heavy atom. The van der Waals surface area contributed by atoms with Gasteiger partial charge in [0.1, 0.15) is 0 Å². The van der Waals surface area contributed by atoms with Crippen molar-refractivity contribution in [3.8, 4) is 11.6 Å². The summed E-state index contributed by atoms with van der Waals surface area (Å²) in [4.78, 5) is 4.21. The van der Waals surface area contributed by atoms with Crippen molar-refractivity contribution in [2.75, 3.05) is 11.6 Å². The summed E-state index contributed by atoms with van der Waals surface area (Å²) in [6.45, 7) is 0.416. The molecule has 0 radical (unpaired) electrons. The standard InChI is InChI=1S/C14H13BrN4O3S/c1-23(20,21)19-14(16-9-10-4-6-11(15)7-5-10)17-13(18-19)12-3-2-8-22-12/h2-8H,9H2,1H3,(H,16,17,18). The maximum Gasteiger partial charge on any atom is 0.254 e. The largest absolute Gasteiger partial charge is 0.461 e. The molecule has 0 spiro atoms. The van der Waals surface area contributed by atoms with Gasteiger partial charge in [0.05, 0.1) is 12.5 Å². The minimum absolute atomic E-state index is 0.141. The molecule has 120 valence electrons. The highest BCUT2D eigenvalue weighted by atomic mass is 79.9. The van der Waals surface area contributed by atoms with E-state index >= 15 is 0 Å². The third-order valence-corrected chi connectivity index (χ3v) is 4.41. The fraction of sp³-hybridized carbons (Fsp3) is 0.143. The number of hydrogen-bond acceptors (Lipinski definition) is 6. The molecule has 0 atom stereocenters. The molecule has 2 heterocycles. The van der Waals surface area contributed by atoms with Crippen molar-refractivity contribution in [3.05, 3.63) is 52.7 Å². The van der Waals surface area contributed by atoms with Crippen molar-refractivity contribution in [1.82, 2.24) is 14.2 Å². The Bertz CT molecular complexity index is 902. The molecular formula is C14H13BrN4O3S. The predicted octanol–water partition coefficient (Wildman–Crippen LogP) is 2.72. The van der Waals surface area contributed by atoms with Crippen LogP contribution in [0.5, 0.6) is 0 Å². The van der Waals surface area contributed by atoms with Crippen molar-refractivity contribution in [2.45, 2.75) is 6.54 Å². The van der Waals surface area contributed by atoms with Crippen molar-refractivity contribution in [1.29, 1.82) is 0 Å². The first-order valence-corrected chi connectivity index (χ1v) is 9.27. The van der Waals surface area contributed by atoms with E-state index in [0.717, 1.165) is 20.4 Å². The van der Waals surface area contributed by atoms with Crippen LogP contribution in [0.4, 0.5) is 5.95 Å². The molecule has 1 aromatic carbocycles. The van der Waals surface area contributed by atoms with Crippen LogP contribution in [0, 0.1) is 0 Å². The molecule has 7 nitrogen and oxygen atoms in total. The summed E-state index contributed by atoms with van der Waals surface area (Å²) in [6.07, 6.45) is 2.55. The van der Waals surface area contributed by atoms with Crippen molar-refractivity contribution < 1.29 is 12.8 Å². The smallest absolute Gasteiger partial charge is 0.254 e. The second kappa shape index (κ2) is 6.17. The quantitative estimate of drug-likeness (QED) is 0.712. The van der Waals surface area contributed by atoms with Gasteiger partial charge >= 0.3 is 0 Å². The van der Waals surface area contributed by atoms with Crippen molar-refractivity contribution >= 4 is 31.9 Å². The number of aromatic nitrogens is 3. The van der Waals surface area contributed by atoms with E-state index in [9.17, 15) is 8.42 Å². The van der Waals surface area contributed by atoms with Gasteiger partial charge in [-0.15, -0.1) is 9.19 Å². The van der Waals surface area contributed by atoms with Gasteiger partial charge in [-0.3, -0.25) is 0 Å². The Hall–Kier alpha value is -2.13. The number of nitrogens with one attached hydrogen (secondary N) is 1. The lowest BCUT2D eigenvalue weighted by Crippen LogP contribution is -2.16. The number of anilines is 1. The van der Waals surface area contributed by atoms with Crippen LogP contribution in [-0.4, -0.2) is 28.8 Å². The van der Waals surface area contributed by atoms with Crippen LogP contribution in [-0.2, 0) is 16.6 Å². The summed E-state index contributed by atoms with van der Waals surface area (Å²) in [5.41, 5.74) is 0.982. The van der Waals surface area contributed by atoms with Gasteiger partial charge in [0.2, 0.25) is 11.8 Å². The molecule has 0 aliphatic carbocycles. The normalized spacial score (nSPS) is 11.6. The van der Waals surface area contributed by atoms with Gasteiger partial charge in [0.15, 0.2) is 5.76 Å². The topological polar surface area (TPSA) is 90.0 Å². The zero-order valence-corrected chi connectivity index (χ0v) is 14.5. The lowest BCUT2D eigenvalue weighted by molar-refractivity contribution is 0.575. The summed E-state index contributed by atoms with van der Waals surface area (Å²) in [7, 11) is -3.58. The molecule has 23 heavy (non-hydrogen) atoms. The van der Waals surface area contributed by atoms with Crippen molar-refractivity contribution in [3.63, 3.8) is 0 Å². The van der Waals surface area contributed by atoms with E-state index in [-0.39, 0.29) is 11.8 Å². The zero-order valence-electron chi connectivity index (χ0n) is 12.1. The van der Waals surface area contributed by atoms with E-state index in [1.54, 1.807) is 12.1 Å². The first kappa shape index (κ1) is 15.8. The Morgan fingerprint density at radius 3 is 2.61 bits per heavy atom. The fourth-order valence-corrected chi connectivity index (χ4v) is 2.84. The summed E-state index contributed by atoms with van der Waals surface area (Å²) >= 11 is 3.37. The first-order valence-electron chi connectivity index (χ1n) is 6.63. The average Bonchev–Trinajstić information content (AvgIpc) is 3.15. The molecule has 0 aliphatic heterocycles. The van der Waals surface area contributed by atoms with Gasteiger partial charge < -0.3 is 9.73 Å². The van der Waals surface area contributed by atoms with Gasteiger partial charge in [-0.05, 0) is 29.8 Å². The molecule has 0 saturated heterocycles. The molecule has 0 saturated carbocycles. The number of halogens is 1. The van der Waals surface area contributed by atoms with Gasteiger partial charge in [0, 0.05) is 11.0 Å². The third-order valence-electron chi connectivity index (χ3n) is 3.00. The Morgan fingerprint density at radius 1 is 1.26 bits per heavy atom. The lowest BCUT2D eigenvalue weighted by atomic mass is 10.2. The molecule has 0 bridgehead atoms.